The molecule has 0 bridgehead atoms. The van der Waals surface area contributed by atoms with Gasteiger partial charge in [-0.3, -0.25) is 0 Å². The van der Waals surface area contributed by atoms with E-state index < -0.39 is 0 Å². The maximum absolute atomic E-state index is 5.94. The third kappa shape index (κ3) is 3.71. The molecule has 1 aliphatic carbocycles. The van der Waals surface area contributed by atoms with Crippen LogP contribution in [0.4, 0.5) is 0 Å². The highest BCUT2D eigenvalue weighted by atomic mass is 16.5. The van der Waals surface area contributed by atoms with Gasteiger partial charge in [-0.15, -0.1) is 0 Å². The van der Waals surface area contributed by atoms with E-state index in [1.54, 1.807) is 7.11 Å². The second-order valence-electron chi connectivity index (χ2n) is 5.74. The number of ether oxygens (including phenoxy) is 1. The van der Waals surface area contributed by atoms with Gasteiger partial charge in [0.2, 0.25) is 0 Å². The second-order valence-corrected chi connectivity index (χ2v) is 5.74. The van der Waals surface area contributed by atoms with Crippen molar-refractivity contribution in [1.82, 2.24) is 5.32 Å². The van der Waals surface area contributed by atoms with Gasteiger partial charge in [-0.25, -0.2) is 0 Å². The lowest BCUT2D eigenvalue weighted by Gasteiger charge is -2.27. The lowest BCUT2D eigenvalue weighted by molar-refractivity contribution is 0.341. The molecule has 1 aromatic carbocycles. The fraction of sp³-hybridized carbons (Fsp3) is 0.625. The van der Waals surface area contributed by atoms with Crippen molar-refractivity contribution in [3.63, 3.8) is 0 Å². The Bertz CT molecular complexity index is 423. The minimum atomic E-state index is 0.419. The molecule has 1 fully saturated rings. The maximum Gasteiger partial charge on any atom is 0.122 e. The lowest BCUT2D eigenvalue weighted by atomic mass is 9.91. The molecule has 1 aliphatic rings. The van der Waals surface area contributed by atoms with Crippen LogP contribution in [0.3, 0.4) is 0 Å². The van der Waals surface area contributed by atoms with Crippen molar-refractivity contribution in [2.24, 2.45) is 5.73 Å². The molecule has 2 rings (SSSR count). The zero-order chi connectivity index (χ0) is 13.8. The summed E-state index contributed by atoms with van der Waals surface area (Å²) in [4.78, 5) is 0. The van der Waals surface area contributed by atoms with Gasteiger partial charge in [0, 0.05) is 18.6 Å². The molecular weight excluding hydrogens is 236 g/mol. The smallest absolute Gasteiger partial charge is 0.122 e. The molecule has 106 valence electrons. The van der Waals surface area contributed by atoms with E-state index in [0.717, 1.165) is 25.1 Å². The Balaban J connectivity index is 1.94. The largest absolute Gasteiger partial charge is 0.496 e. The Morgan fingerprint density at radius 1 is 1.16 bits per heavy atom. The van der Waals surface area contributed by atoms with Crippen LogP contribution in [0.5, 0.6) is 5.75 Å². The second kappa shape index (κ2) is 6.40. The summed E-state index contributed by atoms with van der Waals surface area (Å²) in [5.74, 6) is 0.977. The van der Waals surface area contributed by atoms with E-state index in [1.165, 1.54) is 29.5 Å². The molecule has 0 atom stereocenters. The van der Waals surface area contributed by atoms with Crippen LogP contribution in [0.2, 0.25) is 0 Å². The minimum absolute atomic E-state index is 0.419. The van der Waals surface area contributed by atoms with Crippen molar-refractivity contribution in [1.29, 1.82) is 0 Å². The average Bonchev–Trinajstić information content (AvgIpc) is 2.41. The molecule has 0 spiro atoms. The molecule has 0 aliphatic heterocycles. The molecule has 1 saturated carbocycles. The third-order valence-corrected chi connectivity index (χ3v) is 4.21. The fourth-order valence-electron chi connectivity index (χ4n) is 2.84. The maximum atomic E-state index is 5.94. The number of aryl methyl sites for hydroxylation is 2. The van der Waals surface area contributed by atoms with Gasteiger partial charge in [-0.1, -0.05) is 6.07 Å². The first-order chi connectivity index (χ1) is 9.10. The van der Waals surface area contributed by atoms with Crippen LogP contribution >= 0.6 is 0 Å². The molecule has 19 heavy (non-hydrogen) atoms. The number of rotatable bonds is 4. The van der Waals surface area contributed by atoms with Gasteiger partial charge in [0.25, 0.3) is 0 Å². The molecule has 0 aromatic heterocycles. The van der Waals surface area contributed by atoms with E-state index in [2.05, 4.69) is 31.3 Å². The van der Waals surface area contributed by atoms with Gasteiger partial charge in [0.05, 0.1) is 7.11 Å². The van der Waals surface area contributed by atoms with Gasteiger partial charge in [0.15, 0.2) is 0 Å². The highest BCUT2D eigenvalue weighted by Gasteiger charge is 2.18. The zero-order valence-corrected chi connectivity index (χ0v) is 12.3. The Kier molecular flexibility index (Phi) is 4.83. The first kappa shape index (κ1) is 14.4. The van der Waals surface area contributed by atoms with Crippen molar-refractivity contribution >= 4 is 0 Å². The van der Waals surface area contributed by atoms with Crippen LogP contribution in [-0.4, -0.2) is 19.2 Å². The van der Waals surface area contributed by atoms with E-state index in [-0.39, 0.29) is 0 Å². The first-order valence-corrected chi connectivity index (χ1v) is 7.23. The van der Waals surface area contributed by atoms with Gasteiger partial charge >= 0.3 is 0 Å². The molecule has 0 saturated heterocycles. The standard InChI is InChI=1S/C16H26N2O/c1-11-9-16(19-3)12(2)8-13(11)10-18-15-6-4-14(17)5-7-15/h8-9,14-15,18H,4-7,10,17H2,1-3H3. The van der Waals surface area contributed by atoms with E-state index in [1.807, 2.05) is 0 Å². The van der Waals surface area contributed by atoms with E-state index in [0.29, 0.717) is 12.1 Å². The normalized spacial score (nSPS) is 23.4. The van der Waals surface area contributed by atoms with Crippen LogP contribution in [0.1, 0.15) is 42.4 Å². The fourth-order valence-corrected chi connectivity index (χ4v) is 2.84. The number of methoxy groups -OCH3 is 1. The van der Waals surface area contributed by atoms with Crippen LogP contribution in [0.15, 0.2) is 12.1 Å². The van der Waals surface area contributed by atoms with Gasteiger partial charge in [-0.2, -0.15) is 0 Å². The monoisotopic (exact) mass is 262 g/mol. The predicted octanol–water partition coefficient (Wildman–Crippen LogP) is 2.67. The van der Waals surface area contributed by atoms with Gasteiger partial charge < -0.3 is 15.8 Å². The van der Waals surface area contributed by atoms with Crippen molar-refractivity contribution < 1.29 is 4.74 Å². The molecular formula is C16H26N2O. The summed E-state index contributed by atoms with van der Waals surface area (Å²) < 4.78 is 5.35. The number of nitrogens with two attached hydrogens (primary N) is 1. The summed E-state index contributed by atoms with van der Waals surface area (Å²) in [6, 6.07) is 5.41. The SMILES string of the molecule is COc1cc(C)c(CNC2CCC(N)CC2)cc1C. The number of hydrogen-bond acceptors (Lipinski definition) is 3. The van der Waals surface area contributed by atoms with Crippen LogP contribution in [0, 0.1) is 13.8 Å². The molecule has 0 unspecified atom stereocenters. The van der Waals surface area contributed by atoms with E-state index in [4.69, 9.17) is 10.5 Å². The summed E-state index contributed by atoms with van der Waals surface area (Å²) >= 11 is 0. The molecule has 3 N–H and O–H groups in total. The number of benzene rings is 1. The van der Waals surface area contributed by atoms with Crippen molar-refractivity contribution in [2.45, 2.75) is 58.2 Å². The summed E-state index contributed by atoms with van der Waals surface area (Å²) in [7, 11) is 1.73. The third-order valence-electron chi connectivity index (χ3n) is 4.21. The number of hydrogen-bond donors (Lipinski definition) is 2. The molecule has 0 heterocycles. The van der Waals surface area contributed by atoms with Crippen LogP contribution in [0.25, 0.3) is 0 Å². The molecule has 0 radical (unpaired) electrons. The topological polar surface area (TPSA) is 47.3 Å². The van der Waals surface area contributed by atoms with Gasteiger partial charge in [-0.05, 0) is 62.3 Å². The van der Waals surface area contributed by atoms with E-state index in [9.17, 15) is 0 Å². The Morgan fingerprint density at radius 3 is 2.47 bits per heavy atom. The highest BCUT2D eigenvalue weighted by molar-refractivity contribution is 5.41. The molecule has 3 nitrogen and oxygen atoms in total. The van der Waals surface area contributed by atoms with Gasteiger partial charge in [0.1, 0.15) is 5.75 Å². The number of nitrogens with one attached hydrogen (secondary N) is 1. The summed E-state index contributed by atoms with van der Waals surface area (Å²) in [6.07, 6.45) is 4.71. The van der Waals surface area contributed by atoms with Crippen molar-refractivity contribution in [3.05, 3.63) is 28.8 Å². The molecule has 1 aromatic rings. The molecule has 3 heteroatoms. The quantitative estimate of drug-likeness (QED) is 0.877. The highest BCUT2D eigenvalue weighted by Crippen LogP contribution is 2.23. The summed E-state index contributed by atoms with van der Waals surface area (Å²) in [5, 5.41) is 3.67. The predicted molar refractivity (Wildman–Crippen MR) is 79.5 cm³/mol. The minimum Gasteiger partial charge on any atom is -0.496 e. The van der Waals surface area contributed by atoms with Crippen LogP contribution in [-0.2, 0) is 6.54 Å². The zero-order valence-electron chi connectivity index (χ0n) is 12.3. The van der Waals surface area contributed by atoms with Crippen LogP contribution < -0.4 is 15.8 Å². The van der Waals surface area contributed by atoms with Crippen molar-refractivity contribution in [2.75, 3.05) is 7.11 Å². The van der Waals surface area contributed by atoms with Crippen molar-refractivity contribution in [3.8, 4) is 5.75 Å². The summed E-state index contributed by atoms with van der Waals surface area (Å²) in [6.45, 7) is 5.19. The average molecular weight is 262 g/mol. The Hall–Kier alpha value is -1.06. The first-order valence-electron chi connectivity index (χ1n) is 7.23. The lowest BCUT2D eigenvalue weighted by Crippen LogP contribution is -2.37. The molecule has 0 amide bonds. The van der Waals surface area contributed by atoms with E-state index >= 15 is 0 Å². The Morgan fingerprint density at radius 2 is 1.84 bits per heavy atom. The Labute approximate surface area is 116 Å². The summed E-state index contributed by atoms with van der Waals surface area (Å²) in [5.41, 5.74) is 9.81.